The molecular formula is C50H31NO2. The van der Waals surface area contributed by atoms with Crippen molar-refractivity contribution in [2.75, 3.05) is 4.90 Å². The van der Waals surface area contributed by atoms with Gasteiger partial charge in [-0.25, -0.2) is 0 Å². The molecule has 248 valence electrons. The molecule has 0 radical (unpaired) electrons. The number of para-hydroxylation sites is 3. The average Bonchev–Trinajstić information content (AvgIpc) is 3.80. The summed E-state index contributed by atoms with van der Waals surface area (Å²) >= 11 is 0. The van der Waals surface area contributed by atoms with Crippen LogP contribution in [0.2, 0.25) is 0 Å². The topological polar surface area (TPSA) is 29.5 Å². The molecule has 0 aliphatic carbocycles. The molecule has 2 aromatic heterocycles. The van der Waals surface area contributed by atoms with Crippen molar-refractivity contribution in [3.8, 4) is 22.3 Å². The second-order valence-corrected chi connectivity index (χ2v) is 13.7. The van der Waals surface area contributed by atoms with E-state index in [2.05, 4.69) is 181 Å². The number of furan rings is 2. The van der Waals surface area contributed by atoms with Crippen LogP contribution in [0.4, 0.5) is 17.1 Å². The molecule has 0 unspecified atom stereocenters. The Kier molecular flexibility index (Phi) is 6.55. The third kappa shape index (κ3) is 4.68. The van der Waals surface area contributed by atoms with Crippen LogP contribution in [0, 0.1) is 0 Å². The molecule has 3 nitrogen and oxygen atoms in total. The van der Waals surface area contributed by atoms with Gasteiger partial charge in [0, 0.05) is 55.5 Å². The van der Waals surface area contributed by atoms with E-state index in [-0.39, 0.29) is 0 Å². The zero-order valence-corrected chi connectivity index (χ0v) is 28.7. The molecule has 0 atom stereocenters. The van der Waals surface area contributed by atoms with Crippen LogP contribution < -0.4 is 4.90 Å². The van der Waals surface area contributed by atoms with Crippen LogP contribution in [-0.4, -0.2) is 0 Å². The molecule has 11 rings (SSSR count). The molecule has 11 aromatic rings. The Morgan fingerprint density at radius 1 is 0.321 bits per heavy atom. The highest BCUT2D eigenvalue weighted by Gasteiger charge is 2.22. The van der Waals surface area contributed by atoms with Crippen molar-refractivity contribution in [1.82, 2.24) is 0 Å². The van der Waals surface area contributed by atoms with Gasteiger partial charge in [0.05, 0.1) is 5.69 Å². The minimum Gasteiger partial charge on any atom is -0.456 e. The molecule has 0 aliphatic heterocycles. The van der Waals surface area contributed by atoms with E-state index >= 15 is 0 Å². The molecule has 0 N–H and O–H groups in total. The smallest absolute Gasteiger partial charge is 0.143 e. The number of hydrogen-bond donors (Lipinski definition) is 0. The summed E-state index contributed by atoms with van der Waals surface area (Å²) in [6.07, 6.45) is 0. The van der Waals surface area contributed by atoms with Crippen LogP contribution in [0.25, 0.3) is 87.7 Å². The molecule has 2 heterocycles. The normalized spacial score (nSPS) is 11.8. The predicted octanol–water partition coefficient (Wildman–Crippen LogP) is 14.6. The summed E-state index contributed by atoms with van der Waals surface area (Å²) in [6.45, 7) is 0. The second kappa shape index (κ2) is 11.7. The Hall–Kier alpha value is -7.10. The first-order valence-corrected chi connectivity index (χ1v) is 18.0. The maximum atomic E-state index is 6.87. The predicted molar refractivity (Wildman–Crippen MR) is 222 cm³/mol. The van der Waals surface area contributed by atoms with Gasteiger partial charge in [-0.2, -0.15) is 0 Å². The molecular weight excluding hydrogens is 647 g/mol. The molecule has 0 bridgehead atoms. The van der Waals surface area contributed by atoms with Gasteiger partial charge in [0.15, 0.2) is 0 Å². The molecule has 3 heteroatoms. The fraction of sp³-hybridized carbons (Fsp3) is 0. The molecule has 53 heavy (non-hydrogen) atoms. The van der Waals surface area contributed by atoms with Crippen molar-refractivity contribution >= 4 is 82.5 Å². The SMILES string of the molecule is c1cc(-c2cccc3ccccc23)cc(N(c2ccc3c(c2)oc2ccccc23)c2ccccc2-c2cccc3c2oc2c4ccccc4ccc32)c1. The van der Waals surface area contributed by atoms with Crippen molar-refractivity contribution in [1.29, 1.82) is 0 Å². The number of anilines is 3. The van der Waals surface area contributed by atoms with Gasteiger partial charge in [0.2, 0.25) is 0 Å². The second-order valence-electron chi connectivity index (χ2n) is 13.7. The summed E-state index contributed by atoms with van der Waals surface area (Å²) in [4.78, 5) is 2.35. The number of benzene rings is 9. The molecule has 0 spiro atoms. The zero-order chi connectivity index (χ0) is 34.9. The first kappa shape index (κ1) is 29.6. The summed E-state index contributed by atoms with van der Waals surface area (Å²) in [7, 11) is 0. The van der Waals surface area contributed by atoms with E-state index in [9.17, 15) is 0 Å². The lowest BCUT2D eigenvalue weighted by atomic mass is 9.96. The average molecular weight is 678 g/mol. The minimum absolute atomic E-state index is 0.850. The number of rotatable bonds is 5. The molecule has 0 saturated heterocycles. The third-order valence-electron chi connectivity index (χ3n) is 10.6. The Bertz CT molecular complexity index is 3200. The number of hydrogen-bond acceptors (Lipinski definition) is 3. The maximum absolute atomic E-state index is 6.87. The Morgan fingerprint density at radius 2 is 0.925 bits per heavy atom. The zero-order valence-electron chi connectivity index (χ0n) is 28.7. The summed E-state index contributed by atoms with van der Waals surface area (Å²) in [6, 6.07) is 66.7. The van der Waals surface area contributed by atoms with E-state index in [4.69, 9.17) is 8.83 Å². The number of nitrogens with zero attached hydrogens (tertiary/aromatic N) is 1. The Morgan fingerprint density at radius 3 is 1.85 bits per heavy atom. The van der Waals surface area contributed by atoms with Crippen LogP contribution >= 0.6 is 0 Å². The van der Waals surface area contributed by atoms with Gasteiger partial charge in [0.1, 0.15) is 22.3 Å². The highest BCUT2D eigenvalue weighted by Crippen LogP contribution is 2.46. The highest BCUT2D eigenvalue weighted by molar-refractivity contribution is 6.18. The van der Waals surface area contributed by atoms with Gasteiger partial charge in [-0.15, -0.1) is 0 Å². The Balaban J connectivity index is 1.16. The molecule has 0 amide bonds. The highest BCUT2D eigenvalue weighted by atomic mass is 16.3. The van der Waals surface area contributed by atoms with Crippen molar-refractivity contribution < 1.29 is 8.83 Å². The monoisotopic (exact) mass is 677 g/mol. The van der Waals surface area contributed by atoms with E-state index in [1.54, 1.807) is 0 Å². The van der Waals surface area contributed by atoms with Crippen LogP contribution in [0.3, 0.4) is 0 Å². The lowest BCUT2D eigenvalue weighted by Gasteiger charge is -2.28. The largest absolute Gasteiger partial charge is 0.456 e. The first-order chi connectivity index (χ1) is 26.3. The van der Waals surface area contributed by atoms with Gasteiger partial charge in [0.25, 0.3) is 0 Å². The van der Waals surface area contributed by atoms with Gasteiger partial charge in [-0.1, -0.05) is 140 Å². The summed E-state index contributed by atoms with van der Waals surface area (Å²) in [5, 5.41) is 9.17. The standard InChI is InChI=1S/C50H31NO2/c1-3-17-37-32(12-1)14-10-21-38(37)34-15-9-16-35(30-34)51(36-27-29-42-41-20-6-8-25-47(41)52-48(42)31-36)46-24-7-5-19-40(46)43-22-11-23-44-45-28-26-33-13-2-4-18-39(33)49(45)53-50(43)44/h1-31H. The molecule has 0 fully saturated rings. The van der Waals surface area contributed by atoms with E-state index in [1.807, 2.05) is 12.1 Å². The Labute approximate surface area is 305 Å². The lowest BCUT2D eigenvalue weighted by Crippen LogP contribution is -2.11. The first-order valence-electron chi connectivity index (χ1n) is 18.0. The summed E-state index contributed by atoms with van der Waals surface area (Å²) in [5.74, 6) is 0. The lowest BCUT2D eigenvalue weighted by molar-refractivity contribution is 0.669. The van der Waals surface area contributed by atoms with E-state index in [0.717, 1.165) is 83.0 Å². The van der Waals surface area contributed by atoms with Crippen LogP contribution in [-0.2, 0) is 0 Å². The third-order valence-corrected chi connectivity index (χ3v) is 10.6. The fourth-order valence-corrected chi connectivity index (χ4v) is 8.21. The maximum Gasteiger partial charge on any atom is 0.143 e. The van der Waals surface area contributed by atoms with Crippen molar-refractivity contribution in [3.05, 3.63) is 188 Å². The van der Waals surface area contributed by atoms with Crippen LogP contribution in [0.15, 0.2) is 197 Å². The van der Waals surface area contributed by atoms with Crippen molar-refractivity contribution in [2.24, 2.45) is 0 Å². The van der Waals surface area contributed by atoms with Gasteiger partial charge in [-0.3, -0.25) is 0 Å². The van der Waals surface area contributed by atoms with Crippen LogP contribution in [0.5, 0.6) is 0 Å². The fourth-order valence-electron chi connectivity index (χ4n) is 8.21. The summed E-state index contributed by atoms with van der Waals surface area (Å²) < 4.78 is 13.3. The van der Waals surface area contributed by atoms with Gasteiger partial charge >= 0.3 is 0 Å². The summed E-state index contributed by atoms with van der Waals surface area (Å²) in [5.41, 5.74) is 11.1. The molecule has 9 aromatic carbocycles. The van der Waals surface area contributed by atoms with Crippen LogP contribution in [0.1, 0.15) is 0 Å². The van der Waals surface area contributed by atoms with Gasteiger partial charge < -0.3 is 13.7 Å². The van der Waals surface area contributed by atoms with E-state index in [0.29, 0.717) is 0 Å². The quantitative estimate of drug-likeness (QED) is 0.182. The number of fused-ring (bicyclic) bond motifs is 9. The minimum atomic E-state index is 0.850. The molecule has 0 aliphatic rings. The van der Waals surface area contributed by atoms with Gasteiger partial charge in [-0.05, 0) is 69.8 Å². The van der Waals surface area contributed by atoms with E-state index in [1.165, 1.54) is 21.7 Å². The van der Waals surface area contributed by atoms with Crippen molar-refractivity contribution in [2.45, 2.75) is 0 Å². The molecule has 0 saturated carbocycles. The van der Waals surface area contributed by atoms with E-state index < -0.39 is 0 Å². The van der Waals surface area contributed by atoms with Crippen molar-refractivity contribution in [3.63, 3.8) is 0 Å².